The third-order valence-electron chi connectivity index (χ3n) is 3.44. The molecule has 0 aromatic heterocycles. The molecular formula is C13H21N3O3S. The second-order valence-electron chi connectivity index (χ2n) is 4.92. The van der Waals surface area contributed by atoms with Gasteiger partial charge in [-0.15, -0.1) is 0 Å². The van der Waals surface area contributed by atoms with Crippen LogP contribution < -0.4 is 15.8 Å². The molecule has 1 aromatic carbocycles. The van der Waals surface area contributed by atoms with E-state index >= 15 is 0 Å². The average molecular weight is 299 g/mol. The van der Waals surface area contributed by atoms with Crippen LogP contribution in [0.2, 0.25) is 0 Å². The fraction of sp³-hybridized carbons (Fsp3) is 0.538. The average Bonchev–Trinajstić information content (AvgIpc) is 2.47. The molecule has 0 bridgehead atoms. The van der Waals surface area contributed by atoms with E-state index in [-0.39, 0.29) is 4.90 Å². The maximum absolute atomic E-state index is 11.7. The van der Waals surface area contributed by atoms with Crippen molar-refractivity contribution in [3.63, 3.8) is 0 Å². The quantitative estimate of drug-likeness (QED) is 0.706. The second kappa shape index (κ2) is 6.43. The van der Waals surface area contributed by atoms with Crippen LogP contribution in [0.4, 0.5) is 11.4 Å². The van der Waals surface area contributed by atoms with E-state index in [0.29, 0.717) is 11.6 Å². The standard InChI is InChI=1S/C13H21N3O3S/c1-15-20(17,18)11-4-5-13(12(14)7-11)16-8-10-3-2-6-19-9-10/h4-5,7,10,15-16H,2-3,6,8-9,14H2,1H3. The molecule has 1 atom stereocenters. The fourth-order valence-electron chi connectivity index (χ4n) is 2.21. The smallest absolute Gasteiger partial charge is 0.240 e. The van der Waals surface area contributed by atoms with Crippen molar-refractivity contribution >= 4 is 21.4 Å². The van der Waals surface area contributed by atoms with Crippen molar-refractivity contribution in [3.8, 4) is 0 Å². The minimum Gasteiger partial charge on any atom is -0.397 e. The zero-order valence-electron chi connectivity index (χ0n) is 11.6. The summed E-state index contributed by atoms with van der Waals surface area (Å²) >= 11 is 0. The van der Waals surface area contributed by atoms with Crippen LogP contribution in [-0.4, -0.2) is 35.2 Å². The van der Waals surface area contributed by atoms with Gasteiger partial charge in [0.25, 0.3) is 0 Å². The van der Waals surface area contributed by atoms with Gasteiger partial charge in [-0.25, -0.2) is 13.1 Å². The van der Waals surface area contributed by atoms with Gasteiger partial charge < -0.3 is 15.8 Å². The Bertz CT molecular complexity index is 554. The van der Waals surface area contributed by atoms with Gasteiger partial charge >= 0.3 is 0 Å². The Morgan fingerprint density at radius 1 is 1.45 bits per heavy atom. The van der Waals surface area contributed by atoms with Crippen LogP contribution in [-0.2, 0) is 14.8 Å². The second-order valence-corrected chi connectivity index (χ2v) is 6.81. The van der Waals surface area contributed by atoms with Crippen LogP contribution in [0, 0.1) is 5.92 Å². The number of hydrogen-bond donors (Lipinski definition) is 3. The molecule has 1 aromatic rings. The number of benzene rings is 1. The summed E-state index contributed by atoms with van der Waals surface area (Å²) in [6, 6.07) is 4.71. The summed E-state index contributed by atoms with van der Waals surface area (Å²) < 4.78 is 31.0. The first kappa shape index (κ1) is 15.1. The van der Waals surface area contributed by atoms with Gasteiger partial charge in [0.2, 0.25) is 10.0 Å². The largest absolute Gasteiger partial charge is 0.397 e. The number of sulfonamides is 1. The van der Waals surface area contributed by atoms with Gasteiger partial charge in [-0.1, -0.05) is 0 Å². The van der Waals surface area contributed by atoms with Crippen molar-refractivity contribution in [3.05, 3.63) is 18.2 Å². The summed E-state index contributed by atoms with van der Waals surface area (Å²) in [5.41, 5.74) is 7.09. The SMILES string of the molecule is CNS(=O)(=O)c1ccc(NCC2CCCOC2)c(N)c1. The molecule has 7 heteroatoms. The lowest BCUT2D eigenvalue weighted by Crippen LogP contribution is -2.24. The van der Waals surface area contributed by atoms with Crippen molar-refractivity contribution in [1.82, 2.24) is 4.72 Å². The van der Waals surface area contributed by atoms with Gasteiger partial charge in [0, 0.05) is 13.2 Å². The molecule has 0 aliphatic carbocycles. The van der Waals surface area contributed by atoms with Gasteiger partial charge in [0.1, 0.15) is 0 Å². The molecule has 1 heterocycles. The van der Waals surface area contributed by atoms with Crippen molar-refractivity contribution < 1.29 is 13.2 Å². The van der Waals surface area contributed by atoms with Gasteiger partial charge in [0.15, 0.2) is 0 Å². The summed E-state index contributed by atoms with van der Waals surface area (Å²) in [7, 11) is -2.07. The van der Waals surface area contributed by atoms with Gasteiger partial charge in [-0.2, -0.15) is 0 Å². The first-order chi connectivity index (χ1) is 9.53. The first-order valence-corrected chi connectivity index (χ1v) is 8.16. The van der Waals surface area contributed by atoms with Crippen LogP contribution >= 0.6 is 0 Å². The number of rotatable bonds is 5. The molecule has 1 unspecified atom stereocenters. The summed E-state index contributed by atoms with van der Waals surface area (Å²) in [4.78, 5) is 0.170. The summed E-state index contributed by atoms with van der Waals surface area (Å²) in [6.45, 7) is 2.39. The minimum absolute atomic E-state index is 0.170. The van der Waals surface area contributed by atoms with E-state index in [4.69, 9.17) is 10.5 Å². The Labute approximate surface area is 119 Å². The molecule has 112 valence electrons. The number of nitrogen functional groups attached to an aromatic ring is 1. The normalized spacial score (nSPS) is 19.8. The van der Waals surface area contributed by atoms with Gasteiger partial charge in [-0.3, -0.25) is 0 Å². The highest BCUT2D eigenvalue weighted by Gasteiger charge is 2.15. The Kier molecular flexibility index (Phi) is 4.85. The lowest BCUT2D eigenvalue weighted by Gasteiger charge is -2.23. The van der Waals surface area contributed by atoms with Gasteiger partial charge in [0.05, 0.1) is 22.9 Å². The molecule has 0 radical (unpaired) electrons. The van der Waals surface area contributed by atoms with E-state index in [1.807, 2.05) is 0 Å². The van der Waals surface area contributed by atoms with Crippen LogP contribution in [0.1, 0.15) is 12.8 Å². The predicted molar refractivity (Wildman–Crippen MR) is 79.1 cm³/mol. The van der Waals surface area contributed by atoms with Crippen LogP contribution in [0.5, 0.6) is 0 Å². The predicted octanol–water partition coefficient (Wildman–Crippen LogP) is 1.02. The third-order valence-corrected chi connectivity index (χ3v) is 4.85. The molecular weight excluding hydrogens is 278 g/mol. The number of nitrogens with two attached hydrogens (primary N) is 1. The lowest BCUT2D eigenvalue weighted by molar-refractivity contribution is 0.0595. The zero-order chi connectivity index (χ0) is 14.6. The highest BCUT2D eigenvalue weighted by Crippen LogP contribution is 2.23. The topological polar surface area (TPSA) is 93.5 Å². The molecule has 0 amide bonds. The number of nitrogens with one attached hydrogen (secondary N) is 2. The minimum atomic E-state index is -3.45. The van der Waals surface area contributed by atoms with Crippen molar-refractivity contribution in [1.29, 1.82) is 0 Å². The maximum Gasteiger partial charge on any atom is 0.240 e. The Morgan fingerprint density at radius 2 is 2.25 bits per heavy atom. The Balaban J connectivity index is 2.02. The van der Waals surface area contributed by atoms with Crippen LogP contribution in [0.15, 0.2) is 23.1 Å². The summed E-state index contributed by atoms with van der Waals surface area (Å²) in [6.07, 6.45) is 2.22. The van der Waals surface area contributed by atoms with Crippen molar-refractivity contribution in [2.75, 3.05) is 37.9 Å². The first-order valence-electron chi connectivity index (χ1n) is 6.67. The molecule has 1 fully saturated rings. The van der Waals surface area contributed by atoms with Crippen molar-refractivity contribution in [2.45, 2.75) is 17.7 Å². The summed E-state index contributed by atoms with van der Waals surface area (Å²) in [5.74, 6) is 0.476. The number of hydrogen-bond acceptors (Lipinski definition) is 5. The van der Waals surface area contributed by atoms with E-state index in [1.54, 1.807) is 12.1 Å². The van der Waals surface area contributed by atoms with Crippen molar-refractivity contribution in [2.24, 2.45) is 5.92 Å². The van der Waals surface area contributed by atoms with Crippen LogP contribution in [0.25, 0.3) is 0 Å². The van der Waals surface area contributed by atoms with E-state index in [9.17, 15) is 8.42 Å². The van der Waals surface area contributed by atoms with E-state index < -0.39 is 10.0 Å². The molecule has 1 aliphatic rings. The number of ether oxygens (including phenoxy) is 1. The molecule has 1 saturated heterocycles. The highest BCUT2D eigenvalue weighted by atomic mass is 32.2. The lowest BCUT2D eigenvalue weighted by atomic mass is 10.0. The third kappa shape index (κ3) is 3.62. The highest BCUT2D eigenvalue weighted by molar-refractivity contribution is 7.89. The Hall–Kier alpha value is -1.31. The molecule has 4 N–H and O–H groups in total. The van der Waals surface area contributed by atoms with E-state index in [2.05, 4.69) is 10.0 Å². The Morgan fingerprint density at radius 3 is 2.85 bits per heavy atom. The summed E-state index contributed by atoms with van der Waals surface area (Å²) in [5, 5.41) is 3.26. The van der Waals surface area contributed by atoms with Gasteiger partial charge in [-0.05, 0) is 44.0 Å². The molecule has 2 rings (SSSR count). The zero-order valence-corrected chi connectivity index (χ0v) is 12.4. The molecule has 0 spiro atoms. The number of anilines is 2. The monoisotopic (exact) mass is 299 g/mol. The van der Waals surface area contributed by atoms with E-state index in [0.717, 1.165) is 38.3 Å². The molecule has 6 nitrogen and oxygen atoms in total. The van der Waals surface area contributed by atoms with E-state index in [1.165, 1.54) is 13.1 Å². The van der Waals surface area contributed by atoms with Crippen LogP contribution in [0.3, 0.4) is 0 Å². The molecule has 1 aliphatic heterocycles. The fourth-order valence-corrected chi connectivity index (χ4v) is 2.97. The molecule has 20 heavy (non-hydrogen) atoms. The maximum atomic E-state index is 11.7. The molecule has 0 saturated carbocycles.